The molecule has 0 bridgehead atoms. The topological polar surface area (TPSA) is 113 Å². The molecule has 158 valence electrons. The van der Waals surface area contributed by atoms with Gasteiger partial charge >= 0.3 is 0 Å². The number of piperidine rings is 1. The fourth-order valence-electron chi connectivity index (χ4n) is 3.16. The third-order valence-electron chi connectivity index (χ3n) is 4.51. The summed E-state index contributed by atoms with van der Waals surface area (Å²) in [5, 5.41) is 2.79. The number of hydrogen-bond acceptors (Lipinski definition) is 5. The molecule has 1 heterocycles. The van der Waals surface area contributed by atoms with E-state index in [1.165, 1.54) is 4.31 Å². The average Bonchev–Trinajstić information content (AvgIpc) is 2.63. The molecular formula is C18H29N3O5S2. The lowest BCUT2D eigenvalue weighted by atomic mass is 9.98. The van der Waals surface area contributed by atoms with Gasteiger partial charge in [-0.05, 0) is 49.9 Å². The summed E-state index contributed by atoms with van der Waals surface area (Å²) in [4.78, 5) is 12.6. The molecule has 1 unspecified atom stereocenters. The monoisotopic (exact) mass is 431 g/mol. The van der Waals surface area contributed by atoms with Crippen LogP contribution in [-0.4, -0.2) is 51.6 Å². The summed E-state index contributed by atoms with van der Waals surface area (Å²) in [5.74, 6) is -0.486. The van der Waals surface area contributed by atoms with Gasteiger partial charge in [0.25, 0.3) is 0 Å². The lowest BCUT2D eigenvalue weighted by Crippen LogP contribution is -2.44. The first kappa shape index (κ1) is 22.6. The zero-order valence-electron chi connectivity index (χ0n) is 16.3. The number of carbonyl (C=O) groups is 1. The summed E-state index contributed by atoms with van der Waals surface area (Å²) < 4.78 is 52.0. The van der Waals surface area contributed by atoms with Crippen molar-refractivity contribution < 1.29 is 21.6 Å². The molecular weight excluding hydrogens is 402 g/mol. The van der Waals surface area contributed by atoms with Crippen molar-refractivity contribution in [2.24, 2.45) is 5.92 Å². The standard InChI is InChI=1S/C18H29N3O5S2/c1-3-12-27(23,24)20-17-9-7-16(8-10-17)19-18(22)15-6-5-11-21(14-15)28(25,26)13-4-2/h7-10,15,20H,3-6,11-14H2,1-2H3,(H,19,22). The Kier molecular flexibility index (Phi) is 7.85. The molecule has 0 aromatic heterocycles. The van der Waals surface area contributed by atoms with Gasteiger partial charge in [-0.15, -0.1) is 0 Å². The third kappa shape index (κ3) is 6.46. The number of rotatable bonds is 9. The van der Waals surface area contributed by atoms with E-state index < -0.39 is 26.0 Å². The Morgan fingerprint density at radius 2 is 1.64 bits per heavy atom. The molecule has 1 saturated heterocycles. The van der Waals surface area contributed by atoms with Crippen molar-refractivity contribution in [2.45, 2.75) is 39.5 Å². The second kappa shape index (κ2) is 9.71. The van der Waals surface area contributed by atoms with Crippen LogP contribution in [0, 0.1) is 5.92 Å². The number of nitrogens with zero attached hydrogens (tertiary/aromatic N) is 1. The highest BCUT2D eigenvalue weighted by atomic mass is 32.2. The predicted octanol–water partition coefficient (Wildman–Crippen LogP) is 2.23. The maximum atomic E-state index is 12.6. The Balaban J connectivity index is 1.97. The molecule has 2 rings (SSSR count). The molecule has 8 nitrogen and oxygen atoms in total. The molecule has 1 atom stereocenters. The lowest BCUT2D eigenvalue weighted by Gasteiger charge is -2.31. The Labute approximate surface area is 167 Å². The summed E-state index contributed by atoms with van der Waals surface area (Å²) >= 11 is 0. The zero-order valence-corrected chi connectivity index (χ0v) is 18.0. The van der Waals surface area contributed by atoms with Gasteiger partial charge < -0.3 is 5.32 Å². The SMILES string of the molecule is CCCS(=O)(=O)Nc1ccc(NC(=O)C2CCCN(S(=O)(=O)CCC)C2)cc1. The normalized spacial score (nSPS) is 18.6. The van der Waals surface area contributed by atoms with Crippen molar-refractivity contribution >= 4 is 37.3 Å². The quantitative estimate of drug-likeness (QED) is 0.623. The summed E-state index contributed by atoms with van der Waals surface area (Å²) in [7, 11) is -6.67. The Bertz CT molecular complexity index is 867. The number of hydrogen-bond donors (Lipinski definition) is 2. The highest BCUT2D eigenvalue weighted by Crippen LogP contribution is 2.22. The van der Waals surface area contributed by atoms with E-state index in [-0.39, 0.29) is 24.0 Å². The second-order valence-electron chi connectivity index (χ2n) is 7.00. The van der Waals surface area contributed by atoms with E-state index in [1.807, 2.05) is 6.92 Å². The van der Waals surface area contributed by atoms with E-state index >= 15 is 0 Å². The Hall–Kier alpha value is -1.65. The number of nitrogens with one attached hydrogen (secondary N) is 2. The molecule has 10 heteroatoms. The van der Waals surface area contributed by atoms with Crippen molar-refractivity contribution in [1.29, 1.82) is 0 Å². The number of anilines is 2. The molecule has 1 aromatic rings. The van der Waals surface area contributed by atoms with Gasteiger partial charge in [-0.1, -0.05) is 13.8 Å². The summed E-state index contributed by atoms with van der Waals surface area (Å²) in [6, 6.07) is 6.41. The number of carbonyl (C=O) groups excluding carboxylic acids is 1. The van der Waals surface area contributed by atoms with Gasteiger partial charge in [0.1, 0.15) is 0 Å². The van der Waals surface area contributed by atoms with E-state index in [0.29, 0.717) is 43.6 Å². The molecule has 1 aromatic carbocycles. The molecule has 1 aliphatic heterocycles. The van der Waals surface area contributed by atoms with Crippen LogP contribution in [0.4, 0.5) is 11.4 Å². The Morgan fingerprint density at radius 3 is 2.25 bits per heavy atom. The van der Waals surface area contributed by atoms with Crippen LogP contribution in [-0.2, 0) is 24.8 Å². The van der Waals surface area contributed by atoms with Crippen LogP contribution in [0.5, 0.6) is 0 Å². The molecule has 0 radical (unpaired) electrons. The number of sulfonamides is 2. The first-order valence-corrected chi connectivity index (χ1v) is 12.8. The van der Waals surface area contributed by atoms with Crippen molar-refractivity contribution in [1.82, 2.24) is 4.31 Å². The summed E-state index contributed by atoms with van der Waals surface area (Å²) in [6.45, 7) is 4.26. The van der Waals surface area contributed by atoms with Crippen LogP contribution < -0.4 is 10.0 Å². The van der Waals surface area contributed by atoms with Crippen LogP contribution in [0.15, 0.2) is 24.3 Å². The molecule has 1 amide bonds. The maximum absolute atomic E-state index is 12.6. The van der Waals surface area contributed by atoms with Gasteiger partial charge in [-0.25, -0.2) is 21.1 Å². The third-order valence-corrected chi connectivity index (χ3v) is 8.04. The maximum Gasteiger partial charge on any atom is 0.232 e. The van der Waals surface area contributed by atoms with Crippen LogP contribution >= 0.6 is 0 Å². The van der Waals surface area contributed by atoms with Crippen LogP contribution in [0.1, 0.15) is 39.5 Å². The van der Waals surface area contributed by atoms with E-state index in [2.05, 4.69) is 10.0 Å². The minimum atomic E-state index is -3.36. The smallest absolute Gasteiger partial charge is 0.232 e. The molecule has 28 heavy (non-hydrogen) atoms. The van der Waals surface area contributed by atoms with Crippen LogP contribution in [0.25, 0.3) is 0 Å². The largest absolute Gasteiger partial charge is 0.326 e. The van der Waals surface area contributed by atoms with Gasteiger partial charge in [0, 0.05) is 24.5 Å². The van der Waals surface area contributed by atoms with Crippen molar-refractivity contribution in [3.63, 3.8) is 0 Å². The molecule has 0 aliphatic carbocycles. The number of benzene rings is 1. The fourth-order valence-corrected chi connectivity index (χ4v) is 5.88. The second-order valence-corrected chi connectivity index (χ2v) is 10.9. The molecule has 1 fully saturated rings. The van der Waals surface area contributed by atoms with Gasteiger partial charge in [-0.3, -0.25) is 9.52 Å². The first-order valence-electron chi connectivity index (χ1n) is 9.56. The van der Waals surface area contributed by atoms with E-state index in [0.717, 1.165) is 0 Å². The highest BCUT2D eigenvalue weighted by Gasteiger charge is 2.31. The molecule has 0 saturated carbocycles. The van der Waals surface area contributed by atoms with Gasteiger partial charge in [-0.2, -0.15) is 0 Å². The van der Waals surface area contributed by atoms with Crippen molar-refractivity contribution in [3.05, 3.63) is 24.3 Å². The minimum absolute atomic E-state index is 0.0462. The van der Waals surface area contributed by atoms with Gasteiger partial charge in [0.05, 0.1) is 17.4 Å². The highest BCUT2D eigenvalue weighted by molar-refractivity contribution is 7.92. The Morgan fingerprint density at radius 1 is 1.04 bits per heavy atom. The van der Waals surface area contributed by atoms with Crippen LogP contribution in [0.2, 0.25) is 0 Å². The van der Waals surface area contributed by atoms with Crippen LogP contribution in [0.3, 0.4) is 0 Å². The van der Waals surface area contributed by atoms with Gasteiger partial charge in [0.2, 0.25) is 26.0 Å². The predicted molar refractivity (Wildman–Crippen MR) is 111 cm³/mol. The summed E-state index contributed by atoms with van der Waals surface area (Å²) in [6.07, 6.45) is 2.36. The van der Waals surface area contributed by atoms with E-state index in [9.17, 15) is 21.6 Å². The minimum Gasteiger partial charge on any atom is -0.326 e. The molecule has 0 spiro atoms. The first-order chi connectivity index (χ1) is 13.2. The van der Waals surface area contributed by atoms with Gasteiger partial charge in [0.15, 0.2) is 0 Å². The van der Waals surface area contributed by atoms with Crippen molar-refractivity contribution in [2.75, 3.05) is 34.6 Å². The molecule has 1 aliphatic rings. The fraction of sp³-hybridized carbons (Fsp3) is 0.611. The van der Waals surface area contributed by atoms with E-state index in [1.54, 1.807) is 31.2 Å². The summed E-state index contributed by atoms with van der Waals surface area (Å²) in [5.41, 5.74) is 0.970. The zero-order chi connectivity index (χ0) is 20.8. The lowest BCUT2D eigenvalue weighted by molar-refractivity contribution is -0.120. The van der Waals surface area contributed by atoms with E-state index in [4.69, 9.17) is 0 Å². The number of amides is 1. The molecule has 2 N–H and O–H groups in total. The van der Waals surface area contributed by atoms with Crippen molar-refractivity contribution in [3.8, 4) is 0 Å². The average molecular weight is 432 g/mol.